The molecule has 1 aliphatic heterocycles. The summed E-state index contributed by atoms with van der Waals surface area (Å²) in [4.78, 5) is 2.43. The van der Waals surface area contributed by atoms with E-state index in [-0.39, 0.29) is 6.04 Å². The van der Waals surface area contributed by atoms with Gasteiger partial charge >= 0.3 is 0 Å². The summed E-state index contributed by atoms with van der Waals surface area (Å²) in [6.07, 6.45) is 0. The Kier molecular flexibility index (Phi) is 5.66. The van der Waals surface area contributed by atoms with E-state index in [1.54, 1.807) is 6.07 Å². The number of nitrogens with zero attached hydrogens (tertiary/aromatic N) is 3. The van der Waals surface area contributed by atoms with Crippen LogP contribution in [0.3, 0.4) is 0 Å². The van der Waals surface area contributed by atoms with E-state index in [4.69, 9.17) is 0 Å². The lowest BCUT2D eigenvalue weighted by Crippen LogP contribution is -2.49. The zero-order chi connectivity index (χ0) is 19.6. The van der Waals surface area contributed by atoms with Gasteiger partial charge in [-0.25, -0.2) is 8.42 Å². The molecule has 0 aliphatic carbocycles. The Morgan fingerprint density at radius 3 is 2.07 bits per heavy atom. The third kappa shape index (κ3) is 4.06. The number of hydrogen-bond acceptors (Lipinski definition) is 4. The molecular formula is C21H25N3O2S. The van der Waals surface area contributed by atoms with Gasteiger partial charge in [-0.1, -0.05) is 47.5 Å². The second-order valence-electron chi connectivity index (χ2n) is 7.15. The molecule has 0 bridgehead atoms. The summed E-state index contributed by atoms with van der Waals surface area (Å²) in [6, 6.07) is 15.4. The Balaban J connectivity index is 1.74. The van der Waals surface area contributed by atoms with E-state index in [0.29, 0.717) is 31.1 Å². The molecule has 1 unspecified atom stereocenters. The second-order valence-corrected chi connectivity index (χ2v) is 9.06. The van der Waals surface area contributed by atoms with Gasteiger partial charge in [-0.2, -0.15) is 9.57 Å². The van der Waals surface area contributed by atoms with Gasteiger partial charge < -0.3 is 0 Å². The maximum Gasteiger partial charge on any atom is 0.243 e. The third-order valence-electron chi connectivity index (χ3n) is 5.10. The summed E-state index contributed by atoms with van der Waals surface area (Å²) >= 11 is 0. The number of nitriles is 1. The van der Waals surface area contributed by atoms with Crippen molar-refractivity contribution >= 4 is 10.0 Å². The molecule has 3 rings (SSSR count). The number of piperazine rings is 1. The van der Waals surface area contributed by atoms with Crippen molar-refractivity contribution in [1.29, 1.82) is 5.26 Å². The average Bonchev–Trinajstić information content (AvgIpc) is 2.64. The normalized spacial score (nSPS) is 17.4. The van der Waals surface area contributed by atoms with E-state index in [2.05, 4.69) is 11.0 Å². The van der Waals surface area contributed by atoms with Gasteiger partial charge in [0.05, 0.1) is 11.0 Å². The van der Waals surface area contributed by atoms with Crippen LogP contribution in [0, 0.1) is 32.1 Å². The summed E-state index contributed by atoms with van der Waals surface area (Å²) in [5, 5.41) is 9.64. The molecule has 142 valence electrons. The molecule has 27 heavy (non-hydrogen) atoms. The minimum atomic E-state index is -3.51. The molecule has 1 heterocycles. The van der Waals surface area contributed by atoms with Gasteiger partial charge in [0, 0.05) is 26.2 Å². The first kappa shape index (κ1) is 19.6. The van der Waals surface area contributed by atoms with Crippen molar-refractivity contribution in [2.24, 2.45) is 0 Å². The van der Waals surface area contributed by atoms with Gasteiger partial charge in [-0.05, 0) is 38.0 Å². The molecule has 2 aromatic carbocycles. The van der Waals surface area contributed by atoms with Crippen molar-refractivity contribution in [3.8, 4) is 6.07 Å². The molecule has 0 saturated carbocycles. The van der Waals surface area contributed by atoms with E-state index in [9.17, 15) is 13.7 Å². The van der Waals surface area contributed by atoms with Gasteiger partial charge in [0.1, 0.15) is 6.04 Å². The Bertz CT molecular complexity index is 954. The highest BCUT2D eigenvalue weighted by molar-refractivity contribution is 7.89. The smallest absolute Gasteiger partial charge is 0.243 e. The second kappa shape index (κ2) is 7.81. The van der Waals surface area contributed by atoms with Crippen LogP contribution in [0.2, 0.25) is 0 Å². The highest BCUT2D eigenvalue weighted by Gasteiger charge is 2.32. The number of benzene rings is 2. The van der Waals surface area contributed by atoms with Crippen LogP contribution in [0.1, 0.15) is 28.3 Å². The molecular weight excluding hydrogens is 358 g/mol. The molecule has 2 aromatic rings. The van der Waals surface area contributed by atoms with Gasteiger partial charge in [-0.3, -0.25) is 4.90 Å². The zero-order valence-electron chi connectivity index (χ0n) is 16.0. The number of sulfonamides is 1. The van der Waals surface area contributed by atoms with Gasteiger partial charge in [0.2, 0.25) is 10.0 Å². The van der Waals surface area contributed by atoms with Crippen LogP contribution in [0.4, 0.5) is 0 Å². The largest absolute Gasteiger partial charge is 0.282 e. The third-order valence-corrected chi connectivity index (χ3v) is 7.16. The number of aryl methyl sites for hydroxylation is 3. The number of rotatable bonds is 4. The SMILES string of the molecule is Cc1ccc(C(C#N)N2CCN(S(=O)(=O)c3ccc(C)cc3C)CC2)cc1. The summed E-state index contributed by atoms with van der Waals surface area (Å²) in [6.45, 7) is 7.65. The quantitative estimate of drug-likeness (QED) is 0.813. The molecule has 1 fully saturated rings. The molecule has 5 nitrogen and oxygen atoms in total. The van der Waals surface area contributed by atoms with Gasteiger partial charge in [0.25, 0.3) is 0 Å². The summed E-state index contributed by atoms with van der Waals surface area (Å²) in [7, 11) is -3.51. The Morgan fingerprint density at radius 2 is 1.52 bits per heavy atom. The Labute approximate surface area is 161 Å². The van der Waals surface area contributed by atoms with Crippen LogP contribution in [-0.2, 0) is 10.0 Å². The van der Waals surface area contributed by atoms with Crippen molar-refractivity contribution in [3.05, 3.63) is 64.7 Å². The number of hydrogen-bond donors (Lipinski definition) is 0. The van der Waals surface area contributed by atoms with Crippen molar-refractivity contribution in [2.75, 3.05) is 26.2 Å². The van der Waals surface area contributed by atoms with Crippen molar-refractivity contribution < 1.29 is 8.42 Å². The lowest BCUT2D eigenvalue weighted by atomic mass is 10.0. The van der Waals surface area contributed by atoms with Crippen LogP contribution >= 0.6 is 0 Å². The fourth-order valence-electron chi connectivity index (χ4n) is 3.55. The van der Waals surface area contributed by atoms with Crippen molar-refractivity contribution in [1.82, 2.24) is 9.21 Å². The minimum Gasteiger partial charge on any atom is -0.282 e. The summed E-state index contributed by atoms with van der Waals surface area (Å²) in [5.74, 6) is 0. The molecule has 0 radical (unpaired) electrons. The van der Waals surface area contributed by atoms with E-state index < -0.39 is 10.0 Å². The standard InChI is InChI=1S/C21H25N3O2S/c1-16-4-7-19(8-5-16)20(15-22)23-10-12-24(13-11-23)27(25,26)21-9-6-17(2)14-18(21)3/h4-9,14,20H,10-13H2,1-3H3. The predicted octanol–water partition coefficient (Wildman–Crippen LogP) is 3.18. The monoisotopic (exact) mass is 383 g/mol. The first-order chi connectivity index (χ1) is 12.8. The molecule has 6 heteroatoms. The fraction of sp³-hybridized carbons (Fsp3) is 0.381. The molecule has 0 aromatic heterocycles. The average molecular weight is 384 g/mol. The van der Waals surface area contributed by atoms with E-state index in [0.717, 1.165) is 22.3 Å². The van der Waals surface area contributed by atoms with Crippen LogP contribution in [0.25, 0.3) is 0 Å². The van der Waals surface area contributed by atoms with E-state index in [1.165, 1.54) is 4.31 Å². The Morgan fingerprint density at radius 1 is 0.926 bits per heavy atom. The first-order valence-electron chi connectivity index (χ1n) is 9.10. The minimum absolute atomic E-state index is 0.350. The lowest BCUT2D eigenvalue weighted by Gasteiger charge is -2.36. The Hall–Kier alpha value is -2.20. The molecule has 0 amide bonds. The topological polar surface area (TPSA) is 64.4 Å². The molecule has 0 spiro atoms. The van der Waals surface area contributed by atoms with Crippen molar-refractivity contribution in [3.63, 3.8) is 0 Å². The maximum atomic E-state index is 13.0. The van der Waals surface area contributed by atoms with Crippen LogP contribution in [-0.4, -0.2) is 43.8 Å². The summed E-state index contributed by atoms with van der Waals surface area (Å²) < 4.78 is 27.6. The van der Waals surface area contributed by atoms with Crippen LogP contribution in [0.5, 0.6) is 0 Å². The van der Waals surface area contributed by atoms with Gasteiger partial charge in [0.15, 0.2) is 0 Å². The molecule has 1 atom stereocenters. The van der Waals surface area contributed by atoms with Crippen LogP contribution in [0.15, 0.2) is 47.4 Å². The zero-order valence-corrected chi connectivity index (χ0v) is 16.8. The van der Waals surface area contributed by atoms with E-state index >= 15 is 0 Å². The highest BCUT2D eigenvalue weighted by Crippen LogP contribution is 2.26. The van der Waals surface area contributed by atoms with Crippen molar-refractivity contribution in [2.45, 2.75) is 31.7 Å². The fourth-order valence-corrected chi connectivity index (χ4v) is 5.17. The first-order valence-corrected chi connectivity index (χ1v) is 10.5. The molecule has 1 aliphatic rings. The van der Waals surface area contributed by atoms with Crippen LogP contribution < -0.4 is 0 Å². The maximum absolute atomic E-state index is 13.0. The summed E-state index contributed by atoms with van der Waals surface area (Å²) in [5.41, 5.74) is 3.92. The predicted molar refractivity (Wildman–Crippen MR) is 106 cm³/mol. The van der Waals surface area contributed by atoms with E-state index in [1.807, 2.05) is 57.2 Å². The lowest BCUT2D eigenvalue weighted by molar-refractivity contribution is 0.162. The van der Waals surface area contributed by atoms with Gasteiger partial charge in [-0.15, -0.1) is 0 Å². The molecule has 1 saturated heterocycles. The molecule has 0 N–H and O–H groups in total. The highest BCUT2D eigenvalue weighted by atomic mass is 32.2.